The van der Waals surface area contributed by atoms with Crippen molar-refractivity contribution < 1.29 is 9.47 Å². The first-order chi connectivity index (χ1) is 10.3. The van der Waals surface area contributed by atoms with Crippen LogP contribution in [0.2, 0.25) is 0 Å². The standard InChI is InChI=1S/C18H29NO2/c1-3-5-6-7-8-14-21-18-15-17(20-13-4-2)10-9-16(18)11-12-19/h3,9-10,15H,1,4-8,11-14,19H2,2H3. The Morgan fingerprint density at radius 1 is 1.14 bits per heavy atom. The maximum absolute atomic E-state index is 5.93. The first-order valence-corrected chi connectivity index (χ1v) is 8.01. The Labute approximate surface area is 129 Å². The molecule has 0 aliphatic carbocycles. The molecule has 2 N–H and O–H groups in total. The first kappa shape index (κ1) is 17.6. The van der Waals surface area contributed by atoms with E-state index < -0.39 is 0 Å². The molecule has 0 aromatic heterocycles. The van der Waals surface area contributed by atoms with Crippen LogP contribution in [0.25, 0.3) is 0 Å². The molecule has 0 spiro atoms. The quantitative estimate of drug-likeness (QED) is 0.466. The molecule has 0 aliphatic rings. The summed E-state index contributed by atoms with van der Waals surface area (Å²) in [4.78, 5) is 0. The number of rotatable bonds is 12. The van der Waals surface area contributed by atoms with Crippen molar-refractivity contribution in [3.05, 3.63) is 36.4 Å². The largest absolute Gasteiger partial charge is 0.493 e. The van der Waals surface area contributed by atoms with E-state index in [0.717, 1.165) is 56.0 Å². The van der Waals surface area contributed by atoms with Crippen LogP contribution in [0.3, 0.4) is 0 Å². The van der Waals surface area contributed by atoms with E-state index in [4.69, 9.17) is 15.2 Å². The smallest absolute Gasteiger partial charge is 0.126 e. The molecule has 1 aromatic rings. The number of hydrogen-bond donors (Lipinski definition) is 1. The minimum atomic E-state index is 0.630. The zero-order chi connectivity index (χ0) is 15.3. The topological polar surface area (TPSA) is 44.5 Å². The van der Waals surface area contributed by atoms with E-state index in [1.54, 1.807) is 0 Å². The van der Waals surface area contributed by atoms with Crippen molar-refractivity contribution in [2.24, 2.45) is 5.73 Å². The van der Waals surface area contributed by atoms with Crippen LogP contribution in [0.15, 0.2) is 30.9 Å². The van der Waals surface area contributed by atoms with Crippen molar-refractivity contribution in [1.29, 1.82) is 0 Å². The van der Waals surface area contributed by atoms with Gasteiger partial charge in [-0.1, -0.05) is 19.1 Å². The first-order valence-electron chi connectivity index (χ1n) is 8.01. The Morgan fingerprint density at radius 3 is 2.71 bits per heavy atom. The molecule has 0 amide bonds. The van der Waals surface area contributed by atoms with Gasteiger partial charge in [0.05, 0.1) is 13.2 Å². The van der Waals surface area contributed by atoms with Gasteiger partial charge in [-0.05, 0) is 56.7 Å². The second kappa shape index (κ2) is 11.2. The maximum Gasteiger partial charge on any atom is 0.126 e. The summed E-state index contributed by atoms with van der Waals surface area (Å²) >= 11 is 0. The third-order valence-electron chi connectivity index (χ3n) is 3.24. The van der Waals surface area contributed by atoms with E-state index >= 15 is 0 Å². The van der Waals surface area contributed by atoms with Gasteiger partial charge in [-0.3, -0.25) is 0 Å². The van der Waals surface area contributed by atoms with Crippen molar-refractivity contribution >= 4 is 0 Å². The molecule has 0 aliphatic heterocycles. The summed E-state index contributed by atoms with van der Waals surface area (Å²) in [6, 6.07) is 6.05. The highest BCUT2D eigenvalue weighted by Crippen LogP contribution is 2.26. The molecule has 3 nitrogen and oxygen atoms in total. The van der Waals surface area contributed by atoms with Crippen molar-refractivity contribution in [2.45, 2.75) is 45.4 Å². The molecule has 0 bridgehead atoms. The van der Waals surface area contributed by atoms with Crippen molar-refractivity contribution in [1.82, 2.24) is 0 Å². The molecule has 0 saturated carbocycles. The van der Waals surface area contributed by atoms with E-state index in [9.17, 15) is 0 Å². The second-order valence-corrected chi connectivity index (χ2v) is 5.14. The van der Waals surface area contributed by atoms with Gasteiger partial charge >= 0.3 is 0 Å². The second-order valence-electron chi connectivity index (χ2n) is 5.14. The van der Waals surface area contributed by atoms with E-state index in [0.29, 0.717) is 6.54 Å². The van der Waals surface area contributed by atoms with E-state index in [-0.39, 0.29) is 0 Å². The fourth-order valence-electron chi connectivity index (χ4n) is 2.09. The zero-order valence-corrected chi connectivity index (χ0v) is 13.3. The number of nitrogens with two attached hydrogens (primary N) is 1. The van der Waals surface area contributed by atoms with Crippen LogP contribution in [0.1, 0.15) is 44.6 Å². The fraction of sp³-hybridized carbons (Fsp3) is 0.556. The molecule has 0 saturated heterocycles. The SMILES string of the molecule is C=CCCCCCOc1cc(OCCC)ccc1CCN. The number of benzene rings is 1. The Morgan fingerprint density at radius 2 is 2.00 bits per heavy atom. The van der Waals surface area contributed by atoms with Crippen molar-refractivity contribution in [3.8, 4) is 11.5 Å². The van der Waals surface area contributed by atoms with Gasteiger partial charge in [0.1, 0.15) is 11.5 Å². The molecule has 1 aromatic carbocycles. The molecule has 0 unspecified atom stereocenters. The summed E-state index contributed by atoms with van der Waals surface area (Å²) in [7, 11) is 0. The Kier molecular flexibility index (Phi) is 9.38. The van der Waals surface area contributed by atoms with Crippen LogP contribution in [0.5, 0.6) is 11.5 Å². The fourth-order valence-corrected chi connectivity index (χ4v) is 2.09. The number of allylic oxidation sites excluding steroid dienone is 1. The van der Waals surface area contributed by atoms with Gasteiger partial charge < -0.3 is 15.2 Å². The van der Waals surface area contributed by atoms with Gasteiger partial charge in [-0.15, -0.1) is 6.58 Å². The molecule has 0 heterocycles. The average molecular weight is 291 g/mol. The third-order valence-corrected chi connectivity index (χ3v) is 3.24. The van der Waals surface area contributed by atoms with Crippen LogP contribution in [0.4, 0.5) is 0 Å². The maximum atomic E-state index is 5.93. The minimum absolute atomic E-state index is 0.630. The molecule has 118 valence electrons. The summed E-state index contributed by atoms with van der Waals surface area (Å²) in [5.74, 6) is 1.79. The summed E-state index contributed by atoms with van der Waals surface area (Å²) in [5, 5.41) is 0. The van der Waals surface area contributed by atoms with Gasteiger partial charge in [-0.2, -0.15) is 0 Å². The van der Waals surface area contributed by atoms with Gasteiger partial charge in [0.2, 0.25) is 0 Å². The minimum Gasteiger partial charge on any atom is -0.493 e. The van der Waals surface area contributed by atoms with Gasteiger partial charge in [-0.25, -0.2) is 0 Å². The van der Waals surface area contributed by atoms with Crippen LogP contribution in [-0.2, 0) is 6.42 Å². The molecule has 3 heteroatoms. The molecular weight excluding hydrogens is 262 g/mol. The normalized spacial score (nSPS) is 10.4. The Hall–Kier alpha value is -1.48. The highest BCUT2D eigenvalue weighted by Gasteiger charge is 2.06. The van der Waals surface area contributed by atoms with Gasteiger partial charge in [0, 0.05) is 6.07 Å². The lowest BCUT2D eigenvalue weighted by Crippen LogP contribution is -2.07. The van der Waals surface area contributed by atoms with Crippen LogP contribution in [0, 0.1) is 0 Å². The predicted octanol–water partition coefficient (Wildman–Crippen LogP) is 4.10. The number of hydrogen-bond acceptors (Lipinski definition) is 3. The van der Waals surface area contributed by atoms with Crippen LogP contribution < -0.4 is 15.2 Å². The molecule has 1 rings (SSSR count). The lowest BCUT2D eigenvalue weighted by atomic mass is 10.1. The molecule has 0 fully saturated rings. The highest BCUT2D eigenvalue weighted by atomic mass is 16.5. The highest BCUT2D eigenvalue weighted by molar-refractivity contribution is 5.41. The van der Waals surface area contributed by atoms with E-state index in [1.807, 2.05) is 18.2 Å². The lowest BCUT2D eigenvalue weighted by Gasteiger charge is -2.13. The molecule has 0 radical (unpaired) electrons. The lowest BCUT2D eigenvalue weighted by molar-refractivity contribution is 0.292. The summed E-state index contributed by atoms with van der Waals surface area (Å²) in [5.41, 5.74) is 6.82. The third kappa shape index (κ3) is 7.19. The average Bonchev–Trinajstić information content (AvgIpc) is 2.50. The molecular formula is C18H29NO2. The molecule has 21 heavy (non-hydrogen) atoms. The van der Waals surface area contributed by atoms with Gasteiger partial charge in [0.25, 0.3) is 0 Å². The summed E-state index contributed by atoms with van der Waals surface area (Å²) < 4.78 is 11.6. The predicted molar refractivity (Wildman–Crippen MR) is 89.1 cm³/mol. The number of ether oxygens (including phenoxy) is 2. The Balaban J connectivity index is 2.52. The number of unbranched alkanes of at least 4 members (excludes halogenated alkanes) is 3. The summed E-state index contributed by atoms with van der Waals surface area (Å²) in [6.45, 7) is 7.94. The van der Waals surface area contributed by atoms with Crippen LogP contribution in [-0.4, -0.2) is 19.8 Å². The van der Waals surface area contributed by atoms with Gasteiger partial charge in [0.15, 0.2) is 0 Å². The van der Waals surface area contributed by atoms with E-state index in [2.05, 4.69) is 19.6 Å². The van der Waals surface area contributed by atoms with Crippen molar-refractivity contribution in [3.63, 3.8) is 0 Å². The van der Waals surface area contributed by atoms with E-state index in [1.165, 1.54) is 12.8 Å². The van der Waals surface area contributed by atoms with Crippen LogP contribution >= 0.6 is 0 Å². The molecule has 0 atom stereocenters. The van der Waals surface area contributed by atoms with Crippen molar-refractivity contribution in [2.75, 3.05) is 19.8 Å². The summed E-state index contributed by atoms with van der Waals surface area (Å²) in [6.07, 6.45) is 8.31. The zero-order valence-electron chi connectivity index (χ0n) is 13.3. The Bertz CT molecular complexity index is 404. The monoisotopic (exact) mass is 291 g/mol.